The molecule has 2 fully saturated rings. The highest BCUT2D eigenvalue weighted by Crippen LogP contribution is 2.38. The topological polar surface area (TPSA) is 77.9 Å². The van der Waals surface area contributed by atoms with E-state index in [1.54, 1.807) is 14.2 Å². The van der Waals surface area contributed by atoms with Crippen LogP contribution in [-0.4, -0.2) is 73.0 Å². The van der Waals surface area contributed by atoms with Gasteiger partial charge in [0.1, 0.15) is 6.10 Å². The quantitative estimate of drug-likeness (QED) is 0.537. The first-order valence-corrected chi connectivity index (χ1v) is 11.7. The number of amides is 1. The summed E-state index contributed by atoms with van der Waals surface area (Å²) in [6.07, 6.45) is 7.74. The van der Waals surface area contributed by atoms with Gasteiger partial charge in [0.05, 0.1) is 30.3 Å². The monoisotopic (exact) mass is 444 g/mol. The van der Waals surface area contributed by atoms with Crippen molar-refractivity contribution in [1.29, 1.82) is 0 Å². The van der Waals surface area contributed by atoms with E-state index in [1.165, 1.54) is 0 Å². The van der Waals surface area contributed by atoms with Crippen LogP contribution in [0.1, 0.15) is 49.8 Å². The van der Waals surface area contributed by atoms with Crippen LogP contribution < -0.4 is 5.32 Å². The molecule has 1 aliphatic heterocycles. The molecule has 1 N–H and O–H groups in total. The van der Waals surface area contributed by atoms with Gasteiger partial charge in [0.25, 0.3) is 5.91 Å². The van der Waals surface area contributed by atoms with Crippen LogP contribution in [0.3, 0.4) is 0 Å². The van der Waals surface area contributed by atoms with Crippen molar-refractivity contribution in [3.8, 4) is 0 Å². The maximum atomic E-state index is 13.5. The van der Waals surface area contributed by atoms with Gasteiger partial charge < -0.3 is 29.0 Å². The molecule has 0 aromatic carbocycles. The van der Waals surface area contributed by atoms with Gasteiger partial charge in [-0.25, -0.2) is 0 Å². The fraction of sp³-hybridized carbons (Fsp3) is 0.667. The highest BCUT2D eigenvalue weighted by molar-refractivity contribution is 5.86. The lowest BCUT2D eigenvalue weighted by molar-refractivity contribution is -0.148. The summed E-state index contributed by atoms with van der Waals surface area (Å²) in [5.74, 6) is 0.0845. The number of morpholine rings is 1. The number of hydrogen-bond acceptors (Lipinski definition) is 6. The lowest BCUT2D eigenvalue weighted by atomic mass is 10.1. The molecule has 1 saturated heterocycles. The van der Waals surface area contributed by atoms with E-state index >= 15 is 0 Å². The number of hydrogen-bond donors (Lipinski definition) is 1. The zero-order valence-electron chi connectivity index (χ0n) is 19.5. The molecule has 176 valence electrons. The molecule has 1 saturated carbocycles. The number of nitrogens with zero attached hydrogens (tertiary/aromatic N) is 3. The second-order valence-corrected chi connectivity index (χ2v) is 8.79. The van der Waals surface area contributed by atoms with Crippen LogP contribution in [0.25, 0.3) is 11.0 Å². The average molecular weight is 445 g/mol. The first kappa shape index (κ1) is 23.2. The highest BCUT2D eigenvalue weighted by Gasteiger charge is 2.40. The summed E-state index contributed by atoms with van der Waals surface area (Å²) in [5.41, 5.74) is 4.27. The van der Waals surface area contributed by atoms with Crippen LogP contribution in [0, 0.1) is 0 Å². The molecule has 8 nitrogen and oxygen atoms in total. The van der Waals surface area contributed by atoms with Gasteiger partial charge in [-0.05, 0) is 38.7 Å². The van der Waals surface area contributed by atoms with Gasteiger partial charge in [-0.1, -0.05) is 0 Å². The van der Waals surface area contributed by atoms with E-state index in [0.717, 1.165) is 67.5 Å². The smallest absolute Gasteiger partial charge is 0.253 e. The Kier molecular flexibility index (Phi) is 7.78. The molecule has 32 heavy (non-hydrogen) atoms. The zero-order valence-corrected chi connectivity index (χ0v) is 19.5. The molecule has 0 bridgehead atoms. The largest absolute Gasteiger partial charge is 0.385 e. The summed E-state index contributed by atoms with van der Waals surface area (Å²) in [4.78, 5) is 20.3. The van der Waals surface area contributed by atoms with E-state index in [1.807, 2.05) is 17.2 Å². The first-order chi connectivity index (χ1) is 15.7. The van der Waals surface area contributed by atoms with Gasteiger partial charge in [0, 0.05) is 70.0 Å². The second kappa shape index (κ2) is 10.7. The van der Waals surface area contributed by atoms with Gasteiger partial charge in [-0.15, -0.1) is 0 Å². The number of rotatable bonds is 11. The fourth-order valence-electron chi connectivity index (χ4n) is 4.68. The summed E-state index contributed by atoms with van der Waals surface area (Å²) >= 11 is 0. The van der Waals surface area contributed by atoms with Crippen LogP contribution in [0.4, 0.5) is 0 Å². The first-order valence-electron chi connectivity index (χ1n) is 11.7. The number of unbranched alkanes of at least 4 members (excludes halogenated alkanes) is 1. The number of fused-ring (bicyclic) bond motifs is 1. The lowest BCUT2D eigenvalue weighted by Gasteiger charge is -2.34. The summed E-state index contributed by atoms with van der Waals surface area (Å²) < 4.78 is 18.8. The third-order valence-electron chi connectivity index (χ3n) is 6.43. The number of pyridine rings is 1. The minimum Gasteiger partial charge on any atom is -0.385 e. The van der Waals surface area contributed by atoms with E-state index in [2.05, 4.69) is 23.0 Å². The molecular formula is C24H36N4O4. The summed E-state index contributed by atoms with van der Waals surface area (Å²) in [5, 5.41) is 3.28. The van der Waals surface area contributed by atoms with E-state index in [-0.39, 0.29) is 18.0 Å². The van der Waals surface area contributed by atoms with E-state index < -0.39 is 6.10 Å². The Morgan fingerprint density at radius 1 is 1.34 bits per heavy atom. The Labute approximate surface area is 190 Å². The molecule has 4 rings (SSSR count). The third-order valence-corrected chi connectivity index (χ3v) is 6.43. The van der Waals surface area contributed by atoms with Gasteiger partial charge in [-0.2, -0.15) is 0 Å². The van der Waals surface area contributed by atoms with Gasteiger partial charge in [-0.3, -0.25) is 9.78 Å². The molecule has 0 unspecified atom stereocenters. The average Bonchev–Trinajstić information content (AvgIpc) is 3.58. The van der Waals surface area contributed by atoms with Crippen molar-refractivity contribution in [2.24, 2.45) is 0 Å². The van der Waals surface area contributed by atoms with Crippen molar-refractivity contribution in [3.05, 3.63) is 29.6 Å². The van der Waals surface area contributed by atoms with Gasteiger partial charge in [0.2, 0.25) is 0 Å². The van der Waals surface area contributed by atoms with E-state index in [0.29, 0.717) is 19.8 Å². The predicted octanol–water partition coefficient (Wildman–Crippen LogP) is 2.65. The number of methoxy groups -OCH3 is 2. The summed E-state index contributed by atoms with van der Waals surface area (Å²) in [6.45, 7) is 6.24. The lowest BCUT2D eigenvalue weighted by Crippen LogP contribution is -2.50. The van der Waals surface area contributed by atoms with Crippen molar-refractivity contribution in [1.82, 2.24) is 19.8 Å². The molecule has 1 amide bonds. The molecule has 2 aromatic heterocycles. The Morgan fingerprint density at radius 2 is 2.19 bits per heavy atom. The molecule has 2 aromatic rings. The minimum atomic E-state index is -0.411. The van der Waals surface area contributed by atoms with Crippen molar-refractivity contribution in [3.63, 3.8) is 0 Å². The van der Waals surface area contributed by atoms with E-state index in [4.69, 9.17) is 19.2 Å². The number of nitrogens with one attached hydrogen (secondary N) is 1. The number of aromatic nitrogens is 2. The van der Waals surface area contributed by atoms with Crippen molar-refractivity contribution in [2.45, 2.75) is 63.9 Å². The predicted molar refractivity (Wildman–Crippen MR) is 122 cm³/mol. The summed E-state index contributed by atoms with van der Waals surface area (Å²) in [7, 11) is 3.45. The van der Waals surface area contributed by atoms with Crippen molar-refractivity contribution < 1.29 is 19.0 Å². The maximum Gasteiger partial charge on any atom is 0.253 e. The van der Waals surface area contributed by atoms with Crippen LogP contribution in [0.2, 0.25) is 0 Å². The molecule has 2 aliphatic rings. The SMILES string of the molecule is COCCCCn1cc([C@@H](C)N(C(=O)[C@H]2CNCCO2)C2CC2)c2nccc(COC)c21. The van der Waals surface area contributed by atoms with Crippen LogP contribution in [-0.2, 0) is 32.2 Å². The molecule has 0 spiro atoms. The van der Waals surface area contributed by atoms with Gasteiger partial charge >= 0.3 is 0 Å². The standard InChI is InChI=1S/C24H36N4O4/c1-17(28(19-6-7-19)24(29)21-14-25-10-13-32-21)20-15-27(11-4-5-12-30-2)23-18(16-31-3)8-9-26-22(20)23/h8-9,15,17,19,21,25H,4-7,10-14,16H2,1-3H3/t17-,21-/m1/s1. The van der Waals surface area contributed by atoms with Crippen LogP contribution >= 0.6 is 0 Å². The molecular weight excluding hydrogens is 408 g/mol. The third kappa shape index (κ3) is 4.98. The van der Waals surface area contributed by atoms with E-state index in [9.17, 15) is 4.79 Å². The molecule has 8 heteroatoms. The fourth-order valence-corrected chi connectivity index (χ4v) is 4.68. The minimum absolute atomic E-state index is 0.0754. The normalized spacial score (nSPS) is 19.9. The van der Waals surface area contributed by atoms with Crippen molar-refractivity contribution in [2.75, 3.05) is 40.5 Å². The molecule has 0 radical (unpaired) electrons. The molecule has 1 aliphatic carbocycles. The number of aryl methyl sites for hydroxylation is 1. The number of carbonyl (C=O) groups excluding carboxylic acids is 1. The molecule has 3 heterocycles. The Bertz CT molecular complexity index is 905. The summed E-state index contributed by atoms with van der Waals surface area (Å²) in [6, 6.07) is 2.23. The van der Waals surface area contributed by atoms with Crippen LogP contribution in [0.15, 0.2) is 18.5 Å². The molecule has 2 atom stereocenters. The number of carbonyl (C=O) groups is 1. The maximum absolute atomic E-state index is 13.5. The second-order valence-electron chi connectivity index (χ2n) is 8.79. The number of ether oxygens (including phenoxy) is 3. The Balaban J connectivity index is 1.66. The highest BCUT2D eigenvalue weighted by atomic mass is 16.5. The Morgan fingerprint density at radius 3 is 2.88 bits per heavy atom. The van der Waals surface area contributed by atoms with Gasteiger partial charge in [0.15, 0.2) is 0 Å². The van der Waals surface area contributed by atoms with Crippen LogP contribution in [0.5, 0.6) is 0 Å². The Hall–Kier alpha value is -2.00. The van der Waals surface area contributed by atoms with Crippen molar-refractivity contribution >= 4 is 16.9 Å². The zero-order chi connectivity index (χ0) is 22.5.